The van der Waals surface area contributed by atoms with Crippen LogP contribution in [0.3, 0.4) is 0 Å². The van der Waals surface area contributed by atoms with Gasteiger partial charge in [-0.2, -0.15) is 9.61 Å². The molecule has 11 nitrogen and oxygen atoms in total. The first-order chi connectivity index (χ1) is 16.3. The molecule has 3 aromatic rings. The van der Waals surface area contributed by atoms with Gasteiger partial charge in [0, 0.05) is 26.4 Å². The van der Waals surface area contributed by atoms with E-state index < -0.39 is 6.10 Å². The lowest BCUT2D eigenvalue weighted by Crippen LogP contribution is -2.59. The van der Waals surface area contributed by atoms with Crippen molar-refractivity contribution < 1.29 is 14.6 Å². The van der Waals surface area contributed by atoms with Crippen molar-refractivity contribution in [3.8, 4) is 0 Å². The number of anilines is 3. The summed E-state index contributed by atoms with van der Waals surface area (Å²) in [6, 6.07) is 4.84. The van der Waals surface area contributed by atoms with Crippen molar-refractivity contribution in [1.82, 2.24) is 24.5 Å². The summed E-state index contributed by atoms with van der Waals surface area (Å²) in [6.07, 6.45) is 5.83. The highest BCUT2D eigenvalue weighted by Gasteiger charge is 2.44. The molecule has 0 radical (unpaired) electrons. The molecule has 1 unspecified atom stereocenters. The third kappa shape index (κ3) is 3.61. The summed E-state index contributed by atoms with van der Waals surface area (Å²) in [5, 5.41) is 23.5. The number of ether oxygens (including phenoxy) is 1. The van der Waals surface area contributed by atoms with E-state index in [4.69, 9.17) is 4.74 Å². The molecular formula is C23H29N7O4. The number of aliphatic hydroxyl groups is 1. The van der Waals surface area contributed by atoms with Crippen molar-refractivity contribution >= 4 is 28.9 Å². The molecule has 3 aromatic heterocycles. The van der Waals surface area contributed by atoms with E-state index in [2.05, 4.69) is 26.0 Å². The first-order valence-electron chi connectivity index (χ1n) is 11.4. The Hall–Kier alpha value is -3.44. The van der Waals surface area contributed by atoms with Gasteiger partial charge in [-0.05, 0) is 44.7 Å². The first kappa shape index (κ1) is 22.4. The molecule has 180 valence electrons. The molecule has 4 N–H and O–H groups in total. The van der Waals surface area contributed by atoms with Crippen LogP contribution in [0.15, 0.2) is 35.4 Å². The third-order valence-electron chi connectivity index (χ3n) is 7.21. The fourth-order valence-corrected chi connectivity index (χ4v) is 4.56. The van der Waals surface area contributed by atoms with Gasteiger partial charge in [0.05, 0.1) is 30.0 Å². The van der Waals surface area contributed by atoms with Crippen molar-refractivity contribution in [3.63, 3.8) is 0 Å². The maximum Gasteiger partial charge on any atom is 0.274 e. The van der Waals surface area contributed by atoms with E-state index in [0.717, 1.165) is 19.3 Å². The van der Waals surface area contributed by atoms with Crippen LogP contribution in [0.2, 0.25) is 0 Å². The number of hydrogen-bond donors (Lipinski definition) is 4. The van der Waals surface area contributed by atoms with Crippen LogP contribution in [0.4, 0.5) is 17.3 Å². The zero-order chi connectivity index (χ0) is 24.0. The Morgan fingerprint density at radius 1 is 1.32 bits per heavy atom. The molecule has 0 bridgehead atoms. The fourth-order valence-electron chi connectivity index (χ4n) is 4.56. The molecule has 0 saturated heterocycles. The lowest BCUT2D eigenvalue weighted by atomic mass is 9.76. The average Bonchev–Trinajstić information content (AvgIpc) is 3.26. The first-order valence-corrected chi connectivity index (χ1v) is 11.4. The van der Waals surface area contributed by atoms with Crippen LogP contribution in [0, 0.1) is 0 Å². The number of nitrogens with one attached hydrogen (secondary N) is 3. The van der Waals surface area contributed by atoms with Crippen molar-refractivity contribution in [3.05, 3.63) is 46.5 Å². The summed E-state index contributed by atoms with van der Waals surface area (Å²) >= 11 is 0. The number of methoxy groups -OCH3 is 1. The molecule has 1 amide bonds. The summed E-state index contributed by atoms with van der Waals surface area (Å²) in [6.45, 7) is 1.98. The zero-order valence-electron chi connectivity index (χ0n) is 19.4. The normalized spacial score (nSPS) is 25.9. The second kappa shape index (κ2) is 8.41. The van der Waals surface area contributed by atoms with Crippen LogP contribution in [0.25, 0.3) is 5.65 Å². The summed E-state index contributed by atoms with van der Waals surface area (Å²) in [7, 11) is 3.39. The second-order valence-corrected chi connectivity index (χ2v) is 9.12. The minimum atomic E-state index is -0.512. The largest absolute Gasteiger partial charge is 0.391 e. The van der Waals surface area contributed by atoms with Crippen LogP contribution in [-0.2, 0) is 4.74 Å². The van der Waals surface area contributed by atoms with Gasteiger partial charge in [-0.25, -0.2) is 4.98 Å². The minimum Gasteiger partial charge on any atom is -0.391 e. The highest BCUT2D eigenvalue weighted by Crippen LogP contribution is 2.35. The molecule has 0 aromatic carbocycles. The van der Waals surface area contributed by atoms with Gasteiger partial charge in [-0.15, -0.1) is 0 Å². The SMILES string of the molecule is CNc1cc(Nc2cccn([C@H]3CC[C@H]3O)c2=O)nc2c(C(=O)NC3CC[C@]3(C)OC)cnn12. The van der Waals surface area contributed by atoms with Crippen LogP contribution < -0.4 is 21.5 Å². The molecule has 2 fully saturated rings. The van der Waals surface area contributed by atoms with Crippen molar-refractivity contribution in [2.24, 2.45) is 0 Å². The Morgan fingerprint density at radius 2 is 2.15 bits per heavy atom. The quantitative estimate of drug-likeness (QED) is 0.412. The standard InChI is InChI=1S/C23H29N7O4/c1-23(34-3)9-8-17(23)27-21(32)13-12-25-30-19(24-2)11-18(28-20(13)30)26-14-5-4-10-29(22(14)33)15-6-7-16(15)31/h4-5,10-12,15-17,24,31H,6-9H2,1-3H3,(H,26,28)(H,27,32)/t15-,16+,17?,23-/m0/s1. The fraction of sp³-hybridized carbons (Fsp3) is 0.478. The molecule has 3 heterocycles. The van der Waals surface area contributed by atoms with Gasteiger partial charge in [0.25, 0.3) is 11.5 Å². The van der Waals surface area contributed by atoms with Crippen molar-refractivity contribution in [2.45, 2.75) is 56.4 Å². The van der Waals surface area contributed by atoms with Crippen LogP contribution in [0.1, 0.15) is 49.0 Å². The Balaban J connectivity index is 1.46. The number of carbonyl (C=O) groups excluding carboxylic acids is 1. The van der Waals surface area contributed by atoms with Crippen molar-refractivity contribution in [1.29, 1.82) is 0 Å². The van der Waals surface area contributed by atoms with E-state index in [0.29, 0.717) is 35.0 Å². The minimum absolute atomic E-state index is 0.0883. The molecule has 2 aliphatic carbocycles. The molecule has 2 saturated carbocycles. The highest BCUT2D eigenvalue weighted by molar-refractivity contribution is 6.00. The average molecular weight is 468 g/mol. The van der Waals surface area contributed by atoms with E-state index >= 15 is 0 Å². The Morgan fingerprint density at radius 3 is 2.76 bits per heavy atom. The number of fused-ring (bicyclic) bond motifs is 1. The van der Waals surface area contributed by atoms with Crippen LogP contribution >= 0.6 is 0 Å². The highest BCUT2D eigenvalue weighted by atomic mass is 16.5. The van der Waals surface area contributed by atoms with Gasteiger partial charge in [-0.1, -0.05) is 0 Å². The van der Waals surface area contributed by atoms with Crippen LogP contribution in [0.5, 0.6) is 0 Å². The van der Waals surface area contributed by atoms with E-state index in [9.17, 15) is 14.7 Å². The van der Waals surface area contributed by atoms with E-state index in [1.165, 1.54) is 6.20 Å². The predicted octanol–water partition coefficient (Wildman–Crippen LogP) is 1.67. The lowest BCUT2D eigenvalue weighted by molar-refractivity contribution is -0.0828. The smallest absolute Gasteiger partial charge is 0.274 e. The summed E-state index contributed by atoms with van der Waals surface area (Å²) in [5.74, 6) is 0.707. The second-order valence-electron chi connectivity index (χ2n) is 9.12. The number of pyridine rings is 1. The van der Waals surface area contributed by atoms with Gasteiger partial charge in [0.1, 0.15) is 22.9 Å². The molecule has 5 rings (SSSR count). The van der Waals surface area contributed by atoms with E-state index in [-0.39, 0.29) is 29.2 Å². The molecule has 11 heteroatoms. The number of nitrogens with zero attached hydrogens (tertiary/aromatic N) is 4. The van der Waals surface area contributed by atoms with E-state index in [1.807, 2.05) is 6.92 Å². The topological polar surface area (TPSA) is 135 Å². The summed E-state index contributed by atoms with van der Waals surface area (Å²) in [5.41, 5.74) is 0.394. The maximum absolute atomic E-state index is 13.1. The number of hydrogen-bond acceptors (Lipinski definition) is 8. The maximum atomic E-state index is 13.1. The third-order valence-corrected chi connectivity index (χ3v) is 7.21. The number of aromatic nitrogens is 4. The summed E-state index contributed by atoms with van der Waals surface area (Å²) < 4.78 is 8.65. The molecule has 0 spiro atoms. The van der Waals surface area contributed by atoms with Gasteiger partial charge >= 0.3 is 0 Å². The zero-order valence-corrected chi connectivity index (χ0v) is 19.4. The molecule has 0 aliphatic heterocycles. The number of rotatable bonds is 7. The molecule has 34 heavy (non-hydrogen) atoms. The number of carbonyl (C=O) groups is 1. The van der Waals surface area contributed by atoms with Gasteiger partial charge in [-0.3, -0.25) is 9.59 Å². The van der Waals surface area contributed by atoms with Crippen LogP contribution in [-0.4, -0.2) is 62.1 Å². The Labute approximate surface area is 196 Å². The van der Waals surface area contributed by atoms with E-state index in [1.54, 1.807) is 47.6 Å². The number of amides is 1. The summed E-state index contributed by atoms with van der Waals surface area (Å²) in [4.78, 5) is 30.7. The number of aliphatic hydroxyl groups excluding tert-OH is 1. The predicted molar refractivity (Wildman–Crippen MR) is 127 cm³/mol. The van der Waals surface area contributed by atoms with Gasteiger partial charge < -0.3 is 30.4 Å². The lowest BCUT2D eigenvalue weighted by Gasteiger charge is -2.45. The Kier molecular flexibility index (Phi) is 5.53. The molecular weight excluding hydrogens is 438 g/mol. The molecule has 2 aliphatic rings. The van der Waals surface area contributed by atoms with Gasteiger partial charge in [0.2, 0.25) is 0 Å². The van der Waals surface area contributed by atoms with Gasteiger partial charge in [0.15, 0.2) is 5.65 Å². The monoisotopic (exact) mass is 467 g/mol. The molecule has 4 atom stereocenters. The van der Waals surface area contributed by atoms with Crippen molar-refractivity contribution in [2.75, 3.05) is 24.8 Å². The Bertz CT molecular complexity index is 1300.